The van der Waals surface area contributed by atoms with Gasteiger partial charge in [-0.25, -0.2) is 4.79 Å². The van der Waals surface area contributed by atoms with E-state index in [-0.39, 0.29) is 29.7 Å². The quantitative estimate of drug-likeness (QED) is 0.304. The molecule has 0 spiro atoms. The monoisotopic (exact) mass is 629 g/mol. The Morgan fingerprint density at radius 2 is 1.91 bits per heavy atom. The summed E-state index contributed by atoms with van der Waals surface area (Å²) in [7, 11) is 0. The van der Waals surface area contributed by atoms with E-state index in [9.17, 15) is 14.7 Å². The van der Waals surface area contributed by atoms with Gasteiger partial charge in [0.25, 0.3) is 5.91 Å². The van der Waals surface area contributed by atoms with Crippen molar-refractivity contribution in [3.63, 3.8) is 0 Å². The lowest BCUT2D eigenvalue weighted by Crippen LogP contribution is -2.54. The Bertz CT molecular complexity index is 1610. The lowest BCUT2D eigenvalue weighted by molar-refractivity contribution is -0.125. The number of aryl methyl sites for hydroxylation is 2. The maximum atomic E-state index is 12.8. The van der Waals surface area contributed by atoms with Crippen molar-refractivity contribution in [1.29, 1.82) is 0 Å². The van der Waals surface area contributed by atoms with E-state index in [4.69, 9.17) is 9.25 Å². The van der Waals surface area contributed by atoms with Crippen LogP contribution in [0.2, 0.25) is 0 Å². The van der Waals surface area contributed by atoms with Gasteiger partial charge in [-0.2, -0.15) is 0 Å². The van der Waals surface area contributed by atoms with Crippen molar-refractivity contribution in [3.05, 3.63) is 39.2 Å². The molecule has 46 heavy (non-hydrogen) atoms. The molecule has 4 saturated carbocycles. The zero-order valence-corrected chi connectivity index (χ0v) is 27.7. The highest BCUT2D eigenvalue weighted by atomic mass is 16.6. The first-order chi connectivity index (χ1) is 22.2. The van der Waals surface area contributed by atoms with Crippen LogP contribution in [0.3, 0.4) is 0 Å². The molecule has 1 aromatic heterocycles. The van der Waals surface area contributed by atoms with Crippen molar-refractivity contribution < 1.29 is 19.2 Å². The second kappa shape index (κ2) is 11.7. The molecule has 4 fully saturated rings. The Morgan fingerprint density at radius 3 is 2.78 bits per heavy atom. The number of nitrogens with one attached hydrogen (secondary N) is 1. The van der Waals surface area contributed by atoms with E-state index in [0.29, 0.717) is 30.2 Å². The third-order valence-corrected chi connectivity index (χ3v) is 13.8. The number of amides is 1. The van der Waals surface area contributed by atoms with Crippen molar-refractivity contribution in [2.24, 2.45) is 39.7 Å². The number of carbonyl (C=O) groups excluding carboxylic acids is 1. The molecule has 6 aliphatic rings. The second-order valence-corrected chi connectivity index (χ2v) is 16.0. The summed E-state index contributed by atoms with van der Waals surface area (Å²) < 4.78 is 5.80. The van der Waals surface area contributed by atoms with Crippen LogP contribution < -0.4 is 15.8 Å². The van der Waals surface area contributed by atoms with Crippen LogP contribution in [0.4, 0.5) is 5.69 Å². The summed E-state index contributed by atoms with van der Waals surface area (Å²) in [5.41, 5.74) is 6.73. The van der Waals surface area contributed by atoms with Gasteiger partial charge in [-0.1, -0.05) is 19.0 Å². The molecule has 2 aliphatic heterocycles. The topological polar surface area (TPSA) is 104 Å². The van der Waals surface area contributed by atoms with E-state index in [0.717, 1.165) is 111 Å². The zero-order chi connectivity index (χ0) is 31.6. The number of fused-ring (bicyclic) bond motifs is 7. The van der Waals surface area contributed by atoms with Crippen LogP contribution in [0.25, 0.3) is 11.0 Å². The van der Waals surface area contributed by atoms with Crippen molar-refractivity contribution in [1.82, 2.24) is 5.32 Å². The van der Waals surface area contributed by atoms with Gasteiger partial charge in [0.05, 0.1) is 11.8 Å². The average Bonchev–Trinajstić information content (AvgIpc) is 3.38. The fourth-order valence-electron chi connectivity index (χ4n) is 11.5. The molecule has 7 atom stereocenters. The zero-order valence-electron chi connectivity index (χ0n) is 27.7. The summed E-state index contributed by atoms with van der Waals surface area (Å²) >= 11 is 0. The van der Waals surface area contributed by atoms with Crippen LogP contribution >= 0.6 is 0 Å². The fraction of sp³-hybridized carbons (Fsp3) is 0.711. The first-order valence-corrected chi connectivity index (χ1v) is 18.2. The summed E-state index contributed by atoms with van der Waals surface area (Å²) in [6.07, 6.45) is 14.8. The molecule has 2 N–H and O–H groups in total. The first kappa shape index (κ1) is 30.5. The van der Waals surface area contributed by atoms with Gasteiger partial charge in [0, 0.05) is 47.8 Å². The number of oxime groups is 1. The third-order valence-electron chi connectivity index (χ3n) is 13.8. The summed E-state index contributed by atoms with van der Waals surface area (Å²) in [6.45, 7) is 7.40. The standard InChI is InChI=1S/C38H51N3O5/c1-37-14-11-26(42)21-25(37)7-8-27-30-9-10-32(38(30,2)15-12-31(27)37)40-45-22-33(43)39-16-13-23-20-34(44)46-36-28-6-4-18-41-17-3-5-24(35(28)41)19-29(23)36/h19-20,25-27,30-31,42H,3-18,21-22H2,1-2H3,(H,39,43)/b40-32-/t25-,26+,27-,30-,31-,37-,38-/m0/s1. The largest absolute Gasteiger partial charge is 0.422 e. The van der Waals surface area contributed by atoms with E-state index >= 15 is 0 Å². The normalized spacial score (nSPS) is 35.7. The molecule has 248 valence electrons. The van der Waals surface area contributed by atoms with Crippen LogP contribution in [0.1, 0.15) is 101 Å². The molecule has 2 aromatic rings. The van der Waals surface area contributed by atoms with Gasteiger partial charge >= 0.3 is 5.63 Å². The van der Waals surface area contributed by atoms with Gasteiger partial charge in [-0.15, -0.1) is 0 Å². The molecule has 0 saturated heterocycles. The molecular formula is C38H51N3O5. The minimum absolute atomic E-state index is 0.0556. The first-order valence-electron chi connectivity index (χ1n) is 18.2. The van der Waals surface area contributed by atoms with E-state index in [2.05, 4.69) is 35.3 Å². The molecule has 8 rings (SSSR count). The van der Waals surface area contributed by atoms with Crippen LogP contribution in [0.15, 0.2) is 26.5 Å². The Kier molecular flexibility index (Phi) is 7.73. The number of hydrogen-bond acceptors (Lipinski definition) is 7. The van der Waals surface area contributed by atoms with Crippen LogP contribution in [-0.2, 0) is 28.9 Å². The number of carbonyl (C=O) groups is 1. The van der Waals surface area contributed by atoms with Crippen molar-refractivity contribution in [3.8, 4) is 0 Å². The van der Waals surface area contributed by atoms with Crippen LogP contribution in [0, 0.1) is 34.5 Å². The Hall–Kier alpha value is -2.87. The predicted molar refractivity (Wildman–Crippen MR) is 179 cm³/mol. The highest BCUT2D eigenvalue weighted by Crippen LogP contribution is 2.65. The van der Waals surface area contributed by atoms with E-state index < -0.39 is 0 Å². The summed E-state index contributed by atoms with van der Waals surface area (Å²) in [5.74, 6) is 2.59. The molecule has 8 nitrogen and oxygen atoms in total. The lowest BCUT2D eigenvalue weighted by Gasteiger charge is -2.60. The Balaban J connectivity index is 0.888. The van der Waals surface area contributed by atoms with Crippen LogP contribution in [0.5, 0.6) is 0 Å². The van der Waals surface area contributed by atoms with Gasteiger partial charge in [0.1, 0.15) is 5.58 Å². The number of rotatable bonds is 6. The number of anilines is 1. The number of aliphatic hydroxyl groups excluding tert-OH is 1. The van der Waals surface area contributed by atoms with Gasteiger partial charge in [0.2, 0.25) is 0 Å². The summed E-state index contributed by atoms with van der Waals surface area (Å²) in [5, 5.41) is 19.0. The maximum absolute atomic E-state index is 12.8. The number of aliphatic hydroxyl groups is 1. The number of hydrogen-bond donors (Lipinski definition) is 2. The molecule has 3 heterocycles. The van der Waals surface area contributed by atoms with E-state index in [1.807, 2.05) is 0 Å². The van der Waals surface area contributed by atoms with Crippen molar-refractivity contribution in [2.75, 3.05) is 31.1 Å². The molecule has 0 radical (unpaired) electrons. The SMILES string of the molecule is C[C@]12CC[C@@H](O)C[C@@H]1CC[C@@H]1[C@@H]2CC[C@]2(C)/C(=N\OCC(=O)NCCc3cc(=O)oc4c5c6c(cc34)CCCN6CCC5)CC[C@@H]12. The average molecular weight is 630 g/mol. The maximum Gasteiger partial charge on any atom is 0.336 e. The Morgan fingerprint density at radius 1 is 1.07 bits per heavy atom. The molecule has 0 unspecified atom stereocenters. The molecular weight excluding hydrogens is 578 g/mol. The van der Waals surface area contributed by atoms with Gasteiger partial charge in [-0.3, -0.25) is 4.79 Å². The fourth-order valence-corrected chi connectivity index (χ4v) is 11.5. The minimum atomic E-state index is -0.325. The van der Waals surface area contributed by atoms with E-state index in [1.165, 1.54) is 36.1 Å². The molecule has 4 aliphatic carbocycles. The van der Waals surface area contributed by atoms with E-state index in [1.54, 1.807) is 6.07 Å². The van der Waals surface area contributed by atoms with Gasteiger partial charge in [0.15, 0.2) is 6.61 Å². The minimum Gasteiger partial charge on any atom is -0.422 e. The van der Waals surface area contributed by atoms with Crippen molar-refractivity contribution >= 4 is 28.3 Å². The second-order valence-electron chi connectivity index (χ2n) is 16.0. The summed E-state index contributed by atoms with van der Waals surface area (Å²) in [4.78, 5) is 33.6. The third kappa shape index (κ3) is 5.00. The molecule has 1 aromatic carbocycles. The molecule has 0 bridgehead atoms. The molecule has 1 amide bonds. The highest BCUT2D eigenvalue weighted by Gasteiger charge is 2.59. The Labute approximate surface area is 272 Å². The summed E-state index contributed by atoms with van der Waals surface area (Å²) in [6, 6.07) is 3.81. The number of benzene rings is 1. The van der Waals surface area contributed by atoms with Gasteiger partial charge in [-0.05, 0) is 136 Å². The number of nitrogens with zero attached hydrogens (tertiary/aromatic N) is 2. The van der Waals surface area contributed by atoms with Crippen LogP contribution in [-0.4, -0.2) is 49.1 Å². The highest BCUT2D eigenvalue weighted by molar-refractivity contribution is 5.92. The van der Waals surface area contributed by atoms with Gasteiger partial charge < -0.3 is 24.6 Å². The molecule has 8 heteroatoms. The lowest BCUT2D eigenvalue weighted by atomic mass is 9.45. The predicted octanol–water partition coefficient (Wildman–Crippen LogP) is 5.93. The van der Waals surface area contributed by atoms with Crippen molar-refractivity contribution in [2.45, 2.75) is 110 Å². The smallest absolute Gasteiger partial charge is 0.336 e.